The summed E-state index contributed by atoms with van der Waals surface area (Å²) in [5.74, 6) is 0.842. The highest BCUT2D eigenvalue weighted by atomic mass is 127. The molecule has 8 heteroatoms. The Morgan fingerprint density at radius 2 is 1.93 bits per heavy atom. The third-order valence-corrected chi connectivity index (χ3v) is 5.64. The zero-order valence-corrected chi connectivity index (χ0v) is 20.4. The number of piperidine rings is 1. The Labute approximate surface area is 197 Å². The maximum Gasteiger partial charge on any atom is 0.251 e. The fourth-order valence-electron chi connectivity index (χ4n) is 3.85. The van der Waals surface area contributed by atoms with Gasteiger partial charge < -0.3 is 25.0 Å². The standard InChI is InChI=1S/C22H34N4O3.HI/c1-23-21(27)18-8-6-17(7-9-18)15-25-22(24-2)26-12-10-19(11-13-26)29-16-20-5-3-4-14-28-20;/h6-9,19-20H,3-5,10-16H2,1-2H3,(H,23,27)(H,24,25);1H. The molecule has 0 spiro atoms. The van der Waals surface area contributed by atoms with E-state index in [1.54, 1.807) is 7.05 Å². The fraction of sp³-hybridized carbons (Fsp3) is 0.636. The van der Waals surface area contributed by atoms with Crippen LogP contribution in [0.4, 0.5) is 0 Å². The van der Waals surface area contributed by atoms with Gasteiger partial charge in [0.25, 0.3) is 5.91 Å². The van der Waals surface area contributed by atoms with Gasteiger partial charge in [-0.25, -0.2) is 0 Å². The normalized spacial score (nSPS) is 20.4. The number of rotatable bonds is 6. The Balaban J connectivity index is 0.00000320. The fourth-order valence-corrected chi connectivity index (χ4v) is 3.85. The van der Waals surface area contributed by atoms with E-state index in [2.05, 4.69) is 20.5 Å². The highest BCUT2D eigenvalue weighted by Crippen LogP contribution is 2.18. The van der Waals surface area contributed by atoms with Gasteiger partial charge >= 0.3 is 0 Å². The van der Waals surface area contributed by atoms with E-state index in [-0.39, 0.29) is 36.0 Å². The molecule has 1 aromatic carbocycles. The quantitative estimate of drug-likeness (QED) is 0.336. The van der Waals surface area contributed by atoms with Crippen LogP contribution in [0.1, 0.15) is 48.0 Å². The minimum atomic E-state index is -0.0690. The Hall–Kier alpha value is -1.39. The number of halogens is 1. The maximum absolute atomic E-state index is 11.6. The summed E-state index contributed by atoms with van der Waals surface area (Å²) in [6, 6.07) is 7.63. The smallest absolute Gasteiger partial charge is 0.251 e. The molecule has 0 radical (unpaired) electrons. The molecule has 0 saturated carbocycles. The van der Waals surface area contributed by atoms with E-state index in [4.69, 9.17) is 9.47 Å². The van der Waals surface area contributed by atoms with E-state index in [0.717, 1.165) is 57.1 Å². The second-order valence-electron chi connectivity index (χ2n) is 7.69. The Morgan fingerprint density at radius 3 is 2.53 bits per heavy atom. The SMILES string of the molecule is CN=C(NCc1ccc(C(=O)NC)cc1)N1CCC(OCC2CCCCO2)CC1.I. The van der Waals surface area contributed by atoms with Crippen molar-refractivity contribution in [1.29, 1.82) is 0 Å². The van der Waals surface area contributed by atoms with E-state index >= 15 is 0 Å². The number of hydrogen-bond acceptors (Lipinski definition) is 4. The molecule has 1 atom stereocenters. The van der Waals surface area contributed by atoms with E-state index in [1.165, 1.54) is 12.8 Å². The molecule has 2 saturated heterocycles. The summed E-state index contributed by atoms with van der Waals surface area (Å²) in [5.41, 5.74) is 1.78. The molecule has 1 unspecified atom stereocenters. The van der Waals surface area contributed by atoms with Crippen LogP contribution >= 0.6 is 24.0 Å². The summed E-state index contributed by atoms with van der Waals surface area (Å²) >= 11 is 0. The van der Waals surface area contributed by atoms with Gasteiger partial charge in [-0.05, 0) is 49.8 Å². The zero-order chi connectivity index (χ0) is 20.5. The van der Waals surface area contributed by atoms with Gasteiger partial charge in [0, 0.05) is 45.9 Å². The van der Waals surface area contributed by atoms with Gasteiger partial charge in [-0.15, -0.1) is 24.0 Å². The first-order valence-corrected chi connectivity index (χ1v) is 10.7. The second-order valence-corrected chi connectivity index (χ2v) is 7.69. The lowest BCUT2D eigenvalue weighted by atomic mass is 10.1. The van der Waals surface area contributed by atoms with Gasteiger partial charge in [-0.3, -0.25) is 9.79 Å². The average Bonchev–Trinajstić information content (AvgIpc) is 2.79. The predicted molar refractivity (Wildman–Crippen MR) is 130 cm³/mol. The number of benzene rings is 1. The first-order valence-electron chi connectivity index (χ1n) is 10.7. The van der Waals surface area contributed by atoms with Crippen LogP contribution in [0, 0.1) is 0 Å². The largest absolute Gasteiger partial charge is 0.376 e. The molecule has 7 nitrogen and oxygen atoms in total. The maximum atomic E-state index is 11.6. The van der Waals surface area contributed by atoms with Crippen molar-refractivity contribution < 1.29 is 14.3 Å². The Kier molecular flexibility index (Phi) is 10.9. The number of carbonyl (C=O) groups is 1. The molecule has 2 aliphatic heterocycles. The highest BCUT2D eigenvalue weighted by molar-refractivity contribution is 14.0. The number of carbonyl (C=O) groups excluding carboxylic acids is 1. The Morgan fingerprint density at radius 1 is 1.20 bits per heavy atom. The lowest BCUT2D eigenvalue weighted by molar-refractivity contribution is -0.0721. The van der Waals surface area contributed by atoms with Crippen molar-refractivity contribution in [2.45, 2.75) is 50.9 Å². The van der Waals surface area contributed by atoms with Gasteiger partial charge in [-0.2, -0.15) is 0 Å². The van der Waals surface area contributed by atoms with Crippen molar-refractivity contribution in [2.75, 3.05) is 40.4 Å². The number of nitrogens with zero attached hydrogens (tertiary/aromatic N) is 2. The summed E-state index contributed by atoms with van der Waals surface area (Å²) in [7, 11) is 3.46. The minimum absolute atomic E-state index is 0. The minimum Gasteiger partial charge on any atom is -0.376 e. The molecule has 0 bridgehead atoms. The van der Waals surface area contributed by atoms with Crippen LogP contribution in [0.25, 0.3) is 0 Å². The van der Waals surface area contributed by atoms with Gasteiger partial charge in [-0.1, -0.05) is 12.1 Å². The molecule has 2 heterocycles. The predicted octanol–water partition coefficient (Wildman–Crippen LogP) is 2.79. The molecular formula is C22H35IN4O3. The van der Waals surface area contributed by atoms with Crippen LogP contribution in [0.15, 0.2) is 29.3 Å². The summed E-state index contributed by atoms with van der Waals surface area (Å²) < 4.78 is 11.9. The van der Waals surface area contributed by atoms with Crippen molar-refractivity contribution >= 4 is 35.8 Å². The number of ether oxygens (including phenoxy) is 2. The summed E-state index contributed by atoms with van der Waals surface area (Å²) in [6.07, 6.45) is 6.17. The molecule has 1 amide bonds. The van der Waals surface area contributed by atoms with Crippen LogP contribution in [-0.2, 0) is 16.0 Å². The van der Waals surface area contributed by atoms with Crippen LogP contribution in [-0.4, -0.2) is 69.4 Å². The van der Waals surface area contributed by atoms with E-state index in [9.17, 15) is 4.79 Å². The van der Waals surface area contributed by atoms with Crippen LogP contribution in [0.3, 0.4) is 0 Å². The van der Waals surface area contributed by atoms with Gasteiger partial charge in [0.05, 0.1) is 18.8 Å². The lowest BCUT2D eigenvalue weighted by Gasteiger charge is -2.35. The number of nitrogens with one attached hydrogen (secondary N) is 2. The van der Waals surface area contributed by atoms with Crippen LogP contribution < -0.4 is 10.6 Å². The number of hydrogen-bond donors (Lipinski definition) is 2. The van der Waals surface area contributed by atoms with E-state index in [0.29, 0.717) is 18.2 Å². The molecule has 3 rings (SSSR count). The van der Waals surface area contributed by atoms with Crippen molar-refractivity contribution in [3.05, 3.63) is 35.4 Å². The molecule has 0 aromatic heterocycles. The van der Waals surface area contributed by atoms with Crippen molar-refractivity contribution in [2.24, 2.45) is 4.99 Å². The molecule has 30 heavy (non-hydrogen) atoms. The monoisotopic (exact) mass is 530 g/mol. The molecule has 1 aromatic rings. The number of amides is 1. The van der Waals surface area contributed by atoms with Gasteiger partial charge in [0.1, 0.15) is 0 Å². The van der Waals surface area contributed by atoms with Crippen LogP contribution in [0.5, 0.6) is 0 Å². The summed E-state index contributed by atoms with van der Waals surface area (Å²) in [6.45, 7) is 4.15. The molecule has 0 aliphatic carbocycles. The van der Waals surface area contributed by atoms with Crippen molar-refractivity contribution in [1.82, 2.24) is 15.5 Å². The first-order chi connectivity index (χ1) is 14.2. The number of aliphatic imine (C=N–C) groups is 1. The second kappa shape index (κ2) is 13.1. The third kappa shape index (κ3) is 7.39. The number of likely N-dealkylation sites (tertiary alicyclic amines) is 1. The molecule has 2 fully saturated rings. The lowest BCUT2D eigenvalue weighted by Crippen LogP contribution is -2.47. The Bertz CT molecular complexity index is 669. The average molecular weight is 530 g/mol. The van der Waals surface area contributed by atoms with Gasteiger partial charge in [0.15, 0.2) is 5.96 Å². The van der Waals surface area contributed by atoms with Crippen molar-refractivity contribution in [3.63, 3.8) is 0 Å². The number of guanidine groups is 1. The van der Waals surface area contributed by atoms with Gasteiger partial charge in [0.2, 0.25) is 0 Å². The molecule has 168 valence electrons. The van der Waals surface area contributed by atoms with Crippen LogP contribution in [0.2, 0.25) is 0 Å². The zero-order valence-electron chi connectivity index (χ0n) is 18.1. The van der Waals surface area contributed by atoms with E-state index < -0.39 is 0 Å². The van der Waals surface area contributed by atoms with Crippen molar-refractivity contribution in [3.8, 4) is 0 Å². The summed E-state index contributed by atoms with van der Waals surface area (Å²) in [4.78, 5) is 18.4. The molecule has 2 aliphatic rings. The van der Waals surface area contributed by atoms with E-state index in [1.807, 2.05) is 31.3 Å². The third-order valence-electron chi connectivity index (χ3n) is 5.64. The molecule has 2 N–H and O–H groups in total. The summed E-state index contributed by atoms with van der Waals surface area (Å²) in [5, 5.41) is 6.07. The highest BCUT2D eigenvalue weighted by Gasteiger charge is 2.23. The topological polar surface area (TPSA) is 75.2 Å². The molecular weight excluding hydrogens is 495 g/mol. The first kappa shape index (κ1) is 24.9.